The molecule has 5 N–H and O–H groups in total. The van der Waals surface area contributed by atoms with Crippen molar-refractivity contribution in [3.63, 3.8) is 0 Å². The fourth-order valence-corrected chi connectivity index (χ4v) is 3.17. The van der Waals surface area contributed by atoms with E-state index in [2.05, 4.69) is 58.8 Å². The van der Waals surface area contributed by atoms with Crippen molar-refractivity contribution >= 4 is 28.7 Å². The maximum absolute atomic E-state index is 12.2. The van der Waals surface area contributed by atoms with Gasteiger partial charge in [-0.1, -0.05) is 23.4 Å². The minimum atomic E-state index is -0.259. The van der Waals surface area contributed by atoms with Crippen molar-refractivity contribution in [1.29, 1.82) is 0 Å². The van der Waals surface area contributed by atoms with Gasteiger partial charge in [-0.05, 0) is 78.2 Å². The van der Waals surface area contributed by atoms with Crippen molar-refractivity contribution in [3.8, 4) is 11.1 Å². The van der Waals surface area contributed by atoms with Crippen molar-refractivity contribution < 1.29 is 10.0 Å². The highest BCUT2D eigenvalue weighted by Gasteiger charge is 2.09. The van der Waals surface area contributed by atoms with Crippen molar-refractivity contribution in [2.24, 2.45) is 10.9 Å². The molecule has 0 bridgehead atoms. The SMILES string of the molecule is C/C(=C\c1cc(C)c(-c2ccc3[nH]ccc3c2)cc1C)C(=O)NC/C(N)=N/O. The molecule has 0 saturated carbocycles. The molecule has 3 aromatic rings. The second kappa shape index (κ2) is 8.00. The summed E-state index contributed by atoms with van der Waals surface area (Å²) < 4.78 is 0. The summed E-state index contributed by atoms with van der Waals surface area (Å²) >= 11 is 0. The summed E-state index contributed by atoms with van der Waals surface area (Å²) in [7, 11) is 0. The van der Waals surface area contributed by atoms with Gasteiger partial charge in [0.25, 0.3) is 0 Å². The molecule has 6 heteroatoms. The number of amides is 1. The molecule has 6 nitrogen and oxygen atoms in total. The summed E-state index contributed by atoms with van der Waals surface area (Å²) in [5.41, 5.74) is 12.6. The highest BCUT2D eigenvalue weighted by Crippen LogP contribution is 2.29. The summed E-state index contributed by atoms with van der Waals surface area (Å²) in [6, 6.07) is 12.7. The number of hydrogen-bond acceptors (Lipinski definition) is 3. The second-order valence-corrected chi connectivity index (χ2v) is 6.90. The number of nitrogens with two attached hydrogens (primary N) is 1. The van der Waals surface area contributed by atoms with Crippen LogP contribution in [0.1, 0.15) is 23.6 Å². The van der Waals surface area contributed by atoms with E-state index in [1.165, 1.54) is 10.9 Å². The molecular weight excluding hydrogens is 352 g/mol. The predicted octanol–water partition coefficient (Wildman–Crippen LogP) is 3.72. The highest BCUT2D eigenvalue weighted by molar-refractivity contribution is 5.99. The average Bonchev–Trinajstić information content (AvgIpc) is 3.15. The first-order valence-corrected chi connectivity index (χ1v) is 9.00. The number of benzene rings is 2. The number of aryl methyl sites for hydroxylation is 2. The molecule has 1 aromatic heterocycles. The third-order valence-corrected chi connectivity index (χ3v) is 4.77. The number of amidine groups is 1. The van der Waals surface area contributed by atoms with Crippen molar-refractivity contribution in [2.45, 2.75) is 20.8 Å². The lowest BCUT2D eigenvalue weighted by Crippen LogP contribution is -2.33. The van der Waals surface area contributed by atoms with Crippen LogP contribution in [0, 0.1) is 13.8 Å². The molecule has 2 aromatic carbocycles. The van der Waals surface area contributed by atoms with E-state index >= 15 is 0 Å². The lowest BCUT2D eigenvalue weighted by atomic mass is 9.93. The van der Waals surface area contributed by atoms with Gasteiger partial charge in [0.05, 0.1) is 6.54 Å². The molecule has 0 aliphatic carbocycles. The lowest BCUT2D eigenvalue weighted by Gasteiger charge is -2.12. The van der Waals surface area contributed by atoms with Crippen molar-refractivity contribution in [1.82, 2.24) is 10.3 Å². The molecule has 0 spiro atoms. The number of carbonyl (C=O) groups is 1. The van der Waals surface area contributed by atoms with Gasteiger partial charge in [0, 0.05) is 17.3 Å². The number of hydrogen-bond donors (Lipinski definition) is 4. The third kappa shape index (κ3) is 4.06. The predicted molar refractivity (Wildman–Crippen MR) is 113 cm³/mol. The lowest BCUT2D eigenvalue weighted by molar-refractivity contribution is -0.117. The maximum Gasteiger partial charge on any atom is 0.247 e. The number of nitrogens with one attached hydrogen (secondary N) is 2. The molecule has 1 heterocycles. The van der Waals surface area contributed by atoms with E-state index in [4.69, 9.17) is 10.9 Å². The van der Waals surface area contributed by atoms with E-state index in [0.29, 0.717) is 5.57 Å². The van der Waals surface area contributed by atoms with Crippen LogP contribution in [0.3, 0.4) is 0 Å². The van der Waals surface area contributed by atoms with E-state index in [0.717, 1.165) is 27.8 Å². The molecule has 0 aliphatic heterocycles. The van der Waals surface area contributed by atoms with Crippen LogP contribution in [0.15, 0.2) is 53.3 Å². The van der Waals surface area contributed by atoms with Crippen LogP contribution in [-0.4, -0.2) is 28.5 Å². The fourth-order valence-electron chi connectivity index (χ4n) is 3.17. The Morgan fingerprint density at radius 2 is 2.00 bits per heavy atom. The molecule has 0 atom stereocenters. The van der Waals surface area contributed by atoms with E-state index in [1.807, 2.05) is 19.2 Å². The van der Waals surface area contributed by atoms with Gasteiger partial charge in [-0.2, -0.15) is 0 Å². The van der Waals surface area contributed by atoms with E-state index < -0.39 is 0 Å². The van der Waals surface area contributed by atoms with Crippen LogP contribution in [0.4, 0.5) is 0 Å². The third-order valence-electron chi connectivity index (χ3n) is 4.77. The van der Waals surface area contributed by atoms with Gasteiger partial charge in [0.15, 0.2) is 5.84 Å². The molecule has 0 saturated heterocycles. The Bertz CT molecular complexity index is 1090. The monoisotopic (exact) mass is 376 g/mol. The zero-order chi connectivity index (χ0) is 20.3. The average molecular weight is 376 g/mol. The van der Waals surface area contributed by atoms with Gasteiger partial charge in [-0.3, -0.25) is 4.79 Å². The van der Waals surface area contributed by atoms with E-state index in [1.54, 1.807) is 6.92 Å². The van der Waals surface area contributed by atoms with Crippen LogP contribution in [-0.2, 0) is 4.79 Å². The largest absolute Gasteiger partial charge is 0.409 e. The summed E-state index contributed by atoms with van der Waals surface area (Å²) in [6.45, 7) is 5.84. The first-order valence-electron chi connectivity index (χ1n) is 9.00. The van der Waals surface area contributed by atoms with Crippen LogP contribution >= 0.6 is 0 Å². The normalized spacial score (nSPS) is 12.4. The first kappa shape index (κ1) is 19.2. The number of fused-ring (bicyclic) bond motifs is 1. The van der Waals surface area contributed by atoms with Crippen LogP contribution in [0.2, 0.25) is 0 Å². The fraction of sp³-hybridized carbons (Fsp3) is 0.182. The Balaban J connectivity index is 1.88. The number of nitrogens with zero attached hydrogens (tertiary/aromatic N) is 1. The van der Waals surface area contributed by atoms with Gasteiger partial charge in [-0.15, -0.1) is 0 Å². The molecule has 0 unspecified atom stereocenters. The molecule has 28 heavy (non-hydrogen) atoms. The number of oxime groups is 1. The van der Waals surface area contributed by atoms with Crippen LogP contribution < -0.4 is 11.1 Å². The molecule has 3 rings (SSSR count). The van der Waals surface area contributed by atoms with Gasteiger partial charge in [0.1, 0.15) is 0 Å². The standard InChI is InChI=1S/C22H24N4O2/c1-13-10-19(16-4-5-20-17(11-16)6-7-24-20)14(2)8-18(13)9-15(3)22(27)25-12-21(23)26-28/h4-11,24,28H,12H2,1-3H3,(H2,23,26)(H,25,27)/b15-9+. The van der Waals surface area contributed by atoms with Gasteiger partial charge < -0.3 is 21.2 Å². The molecule has 1 amide bonds. The Kier molecular flexibility index (Phi) is 5.49. The van der Waals surface area contributed by atoms with Gasteiger partial charge in [0.2, 0.25) is 5.91 Å². The Morgan fingerprint density at radius 1 is 1.21 bits per heavy atom. The molecule has 0 fully saturated rings. The number of carbonyl (C=O) groups excluding carboxylic acids is 1. The molecular formula is C22H24N4O2. The summed E-state index contributed by atoms with van der Waals surface area (Å²) in [5, 5.41) is 15.2. The zero-order valence-electron chi connectivity index (χ0n) is 16.2. The minimum Gasteiger partial charge on any atom is -0.409 e. The van der Waals surface area contributed by atoms with Crippen LogP contribution in [0.25, 0.3) is 28.1 Å². The van der Waals surface area contributed by atoms with E-state index in [-0.39, 0.29) is 18.3 Å². The van der Waals surface area contributed by atoms with Crippen molar-refractivity contribution in [2.75, 3.05) is 6.54 Å². The smallest absolute Gasteiger partial charge is 0.247 e. The molecule has 0 radical (unpaired) electrons. The van der Waals surface area contributed by atoms with Gasteiger partial charge >= 0.3 is 0 Å². The topological polar surface area (TPSA) is 104 Å². The number of H-pyrrole nitrogens is 1. The highest BCUT2D eigenvalue weighted by atomic mass is 16.4. The zero-order valence-corrected chi connectivity index (χ0v) is 16.2. The Labute approximate surface area is 163 Å². The number of rotatable bonds is 5. The first-order chi connectivity index (χ1) is 13.4. The number of aromatic nitrogens is 1. The second-order valence-electron chi connectivity index (χ2n) is 6.90. The number of aromatic amines is 1. The van der Waals surface area contributed by atoms with Crippen LogP contribution in [0.5, 0.6) is 0 Å². The maximum atomic E-state index is 12.2. The van der Waals surface area contributed by atoms with Crippen molar-refractivity contribution in [3.05, 3.63) is 64.9 Å². The summed E-state index contributed by atoms with van der Waals surface area (Å²) in [5.74, 6) is -0.303. The van der Waals surface area contributed by atoms with E-state index in [9.17, 15) is 4.79 Å². The minimum absolute atomic E-state index is 0.000900. The molecule has 0 aliphatic rings. The molecule has 144 valence electrons. The Hall–Kier alpha value is -3.54. The summed E-state index contributed by atoms with van der Waals surface area (Å²) in [6.07, 6.45) is 3.79. The summed E-state index contributed by atoms with van der Waals surface area (Å²) in [4.78, 5) is 15.4. The quantitative estimate of drug-likeness (QED) is 0.179. The van der Waals surface area contributed by atoms with Gasteiger partial charge in [-0.25, -0.2) is 0 Å². The Morgan fingerprint density at radius 3 is 2.75 bits per heavy atom.